The first kappa shape index (κ1) is 21.7. The lowest BCUT2D eigenvalue weighted by molar-refractivity contribution is -0.608. The summed E-state index contributed by atoms with van der Waals surface area (Å²) in [6.07, 6.45) is -4.65. The third kappa shape index (κ3) is 3.82. The number of halogens is 4. The molecule has 0 saturated carbocycles. The molecular weight excluding hydrogens is 481 g/mol. The molecule has 1 aromatic heterocycles. The van der Waals surface area contributed by atoms with Crippen molar-refractivity contribution < 1.29 is 26.2 Å². The van der Waals surface area contributed by atoms with E-state index in [0.717, 1.165) is 4.57 Å². The van der Waals surface area contributed by atoms with E-state index in [9.17, 15) is 21.6 Å². The Morgan fingerprint density at radius 2 is 1.61 bits per heavy atom. The minimum Gasteiger partial charge on any atom is -0.350 e. The lowest BCUT2D eigenvalue weighted by Gasteiger charge is -2.33. The quantitative estimate of drug-likeness (QED) is 0.550. The van der Waals surface area contributed by atoms with Gasteiger partial charge in [-0.05, 0) is 36.4 Å². The predicted molar refractivity (Wildman–Crippen MR) is 114 cm³/mol. The second kappa shape index (κ2) is 7.73. The number of aromatic nitrogens is 3. The highest BCUT2D eigenvalue weighted by Crippen LogP contribution is 2.30. The Kier molecular flexibility index (Phi) is 5.09. The zero-order chi connectivity index (χ0) is 23.4. The molecule has 0 atom stereocenters. The van der Waals surface area contributed by atoms with Crippen LogP contribution < -0.4 is 9.47 Å². The van der Waals surface area contributed by atoms with Crippen molar-refractivity contribution in [3.05, 3.63) is 64.9 Å². The molecule has 2 aromatic carbocycles. The molecule has 1 fully saturated rings. The summed E-state index contributed by atoms with van der Waals surface area (Å²) in [6.45, 7) is 1.35. The van der Waals surface area contributed by atoms with Gasteiger partial charge in [0.1, 0.15) is 4.90 Å². The smallest absolute Gasteiger partial charge is 0.350 e. The van der Waals surface area contributed by atoms with Gasteiger partial charge in [0.25, 0.3) is 10.0 Å². The highest BCUT2D eigenvalue weighted by Gasteiger charge is 2.45. The van der Waals surface area contributed by atoms with Crippen LogP contribution in [-0.2, 0) is 16.2 Å². The monoisotopic (exact) mass is 497 g/mol. The standard InChI is InChI=1S/C20H16ClF3N6O2S/c21-13-5-7-14(8-6-13)30-18(20(22,23)24)25-26-19(30)29-11-9-28(10-12-29)17-15-3-1-2-4-16(15)33(31,32)27-17/h1-8H,9-12H2/p+1. The number of H-pyrrole nitrogens is 1. The Morgan fingerprint density at radius 3 is 2.27 bits per heavy atom. The van der Waals surface area contributed by atoms with E-state index in [2.05, 4.69) is 14.6 Å². The third-order valence-electron chi connectivity index (χ3n) is 5.51. The van der Waals surface area contributed by atoms with Crippen molar-refractivity contribution >= 4 is 33.4 Å². The van der Waals surface area contributed by atoms with Crippen LogP contribution in [0.1, 0.15) is 11.4 Å². The fraction of sp³-hybridized carbons (Fsp3) is 0.250. The maximum Gasteiger partial charge on any atom is 0.473 e. The molecule has 33 heavy (non-hydrogen) atoms. The van der Waals surface area contributed by atoms with Crippen LogP contribution in [0.4, 0.5) is 19.1 Å². The van der Waals surface area contributed by atoms with Crippen molar-refractivity contribution in [1.29, 1.82) is 0 Å². The number of anilines is 1. The summed E-state index contributed by atoms with van der Waals surface area (Å²) < 4.78 is 70.6. The van der Waals surface area contributed by atoms with Gasteiger partial charge in [0.05, 0.1) is 18.8 Å². The highest BCUT2D eigenvalue weighted by atomic mass is 35.5. The van der Waals surface area contributed by atoms with Crippen molar-refractivity contribution in [2.75, 3.05) is 31.1 Å². The minimum absolute atomic E-state index is 0.102. The zero-order valence-electron chi connectivity index (χ0n) is 16.9. The molecule has 13 heteroatoms. The van der Waals surface area contributed by atoms with Crippen molar-refractivity contribution in [3.63, 3.8) is 0 Å². The van der Waals surface area contributed by atoms with Crippen molar-refractivity contribution in [3.8, 4) is 5.69 Å². The first-order chi connectivity index (χ1) is 15.6. The number of fused-ring (bicyclic) bond motifs is 1. The summed E-state index contributed by atoms with van der Waals surface area (Å²) in [5, 5.41) is 6.47. The predicted octanol–water partition coefficient (Wildman–Crippen LogP) is 2.63. The Morgan fingerprint density at radius 1 is 0.970 bits per heavy atom. The normalized spacial score (nSPS) is 17.8. The molecule has 0 bridgehead atoms. The van der Waals surface area contributed by atoms with Crippen LogP contribution in [0.15, 0.2) is 57.8 Å². The highest BCUT2D eigenvalue weighted by molar-refractivity contribution is 7.90. The molecule has 0 spiro atoms. The summed E-state index contributed by atoms with van der Waals surface area (Å²) in [6, 6.07) is 12.6. The van der Waals surface area contributed by atoms with Gasteiger partial charge in [-0.15, -0.1) is 9.50 Å². The van der Waals surface area contributed by atoms with E-state index in [1.54, 1.807) is 23.1 Å². The fourth-order valence-corrected chi connectivity index (χ4v) is 5.33. The van der Waals surface area contributed by atoms with Crippen LogP contribution in [0.25, 0.3) is 5.69 Å². The van der Waals surface area contributed by atoms with Crippen LogP contribution >= 0.6 is 11.6 Å². The van der Waals surface area contributed by atoms with Gasteiger partial charge in [0, 0.05) is 28.8 Å². The number of benzene rings is 2. The van der Waals surface area contributed by atoms with Gasteiger partial charge in [0.2, 0.25) is 0 Å². The van der Waals surface area contributed by atoms with Crippen LogP contribution in [0.5, 0.6) is 0 Å². The first-order valence-corrected chi connectivity index (χ1v) is 11.7. The summed E-state index contributed by atoms with van der Waals surface area (Å²) in [5.41, 5.74) is 0.791. The first-order valence-electron chi connectivity index (χ1n) is 9.93. The number of rotatable bonds is 2. The van der Waals surface area contributed by atoms with Gasteiger partial charge in [-0.1, -0.05) is 23.7 Å². The van der Waals surface area contributed by atoms with E-state index in [-0.39, 0.29) is 16.5 Å². The van der Waals surface area contributed by atoms with Gasteiger partial charge in [0.15, 0.2) is 5.84 Å². The van der Waals surface area contributed by atoms with Gasteiger partial charge < -0.3 is 4.90 Å². The van der Waals surface area contributed by atoms with Crippen LogP contribution in [0.2, 0.25) is 5.02 Å². The van der Waals surface area contributed by atoms with Crippen molar-refractivity contribution in [2.45, 2.75) is 11.1 Å². The topological polar surface area (TPSA) is 85.5 Å². The molecule has 1 N–H and O–H groups in total. The molecule has 8 nitrogen and oxygen atoms in total. The number of hydrogen-bond acceptors (Lipinski definition) is 5. The van der Waals surface area contributed by atoms with E-state index in [4.69, 9.17) is 11.6 Å². The number of alkyl halides is 3. The molecule has 2 aliphatic heterocycles. The molecule has 172 valence electrons. The SMILES string of the molecule is O=S1(=O)N=C(N2CCN(c3n[nH]c(C(F)(F)F)[n+]3-c3ccc(Cl)cc3)CC2)c2ccccc21. The second-order valence-corrected chi connectivity index (χ2v) is 9.55. The molecule has 0 unspecified atom stereocenters. The number of hydrogen-bond donors (Lipinski definition) is 1. The summed E-state index contributed by atoms with van der Waals surface area (Å²) >= 11 is 5.90. The van der Waals surface area contributed by atoms with Gasteiger partial charge in [-0.2, -0.15) is 26.2 Å². The molecule has 3 aromatic rings. The molecule has 0 amide bonds. The summed E-state index contributed by atoms with van der Waals surface area (Å²) in [7, 11) is -3.75. The molecule has 2 aliphatic rings. The van der Waals surface area contributed by atoms with Gasteiger partial charge >= 0.3 is 17.9 Å². The van der Waals surface area contributed by atoms with Crippen LogP contribution in [0, 0.1) is 0 Å². The van der Waals surface area contributed by atoms with E-state index >= 15 is 0 Å². The molecular formula is C20H17ClF3N6O2S+. The second-order valence-electron chi connectivity index (χ2n) is 7.54. The number of aromatic amines is 1. The lowest BCUT2D eigenvalue weighted by atomic mass is 10.1. The van der Waals surface area contributed by atoms with E-state index < -0.39 is 22.0 Å². The molecule has 0 aliphatic carbocycles. The van der Waals surface area contributed by atoms with Crippen LogP contribution in [0.3, 0.4) is 0 Å². The average Bonchev–Trinajstić information content (AvgIpc) is 3.34. The Bertz CT molecular complexity index is 1350. The largest absolute Gasteiger partial charge is 0.473 e. The Labute approximate surface area is 192 Å². The van der Waals surface area contributed by atoms with Gasteiger partial charge in [-0.3, -0.25) is 4.90 Å². The van der Waals surface area contributed by atoms with E-state index in [0.29, 0.717) is 42.6 Å². The van der Waals surface area contributed by atoms with E-state index in [1.807, 2.05) is 4.90 Å². The Balaban J connectivity index is 1.44. The third-order valence-corrected chi connectivity index (χ3v) is 7.09. The average molecular weight is 498 g/mol. The number of sulfonamides is 1. The van der Waals surface area contributed by atoms with E-state index in [1.165, 1.54) is 30.3 Å². The van der Waals surface area contributed by atoms with Crippen molar-refractivity contribution in [1.82, 2.24) is 15.1 Å². The Hall–Kier alpha value is -3.12. The molecule has 1 saturated heterocycles. The number of amidine groups is 1. The van der Waals surface area contributed by atoms with Crippen LogP contribution in [-0.4, -0.2) is 55.5 Å². The minimum atomic E-state index is -4.65. The number of piperazine rings is 1. The molecule has 5 rings (SSSR count). The van der Waals surface area contributed by atoms with Crippen molar-refractivity contribution in [2.24, 2.45) is 4.40 Å². The summed E-state index contributed by atoms with van der Waals surface area (Å²) in [5.74, 6) is -0.554. The summed E-state index contributed by atoms with van der Waals surface area (Å²) in [4.78, 5) is 3.70. The zero-order valence-corrected chi connectivity index (χ0v) is 18.5. The van der Waals surface area contributed by atoms with Gasteiger partial charge in [-0.25, -0.2) is 0 Å². The number of nitrogens with zero attached hydrogens (tertiary/aromatic N) is 5. The number of nitrogens with one attached hydrogen (secondary N) is 1. The fourth-order valence-electron chi connectivity index (χ4n) is 3.97. The maximum atomic E-state index is 13.7. The molecule has 0 radical (unpaired) electrons. The molecule has 3 heterocycles. The maximum absolute atomic E-state index is 13.7. The lowest BCUT2D eigenvalue weighted by Crippen LogP contribution is -2.53.